The quantitative estimate of drug-likeness (QED) is 0.392. The Hall–Kier alpha value is -1.58. The van der Waals surface area contributed by atoms with Crippen LogP contribution in [0.1, 0.15) is 65.7 Å². The average molecular weight is 320 g/mol. The fourth-order valence-corrected chi connectivity index (χ4v) is 3.81. The number of ether oxygens (including phenoxy) is 1. The van der Waals surface area contributed by atoms with Crippen molar-refractivity contribution in [2.45, 2.75) is 71.3 Å². The molecule has 1 N–H and O–H groups in total. The van der Waals surface area contributed by atoms with Crippen LogP contribution in [0.4, 0.5) is 0 Å². The van der Waals surface area contributed by atoms with Crippen molar-refractivity contribution in [3.63, 3.8) is 0 Å². The molecule has 0 heterocycles. The van der Waals surface area contributed by atoms with Crippen LogP contribution in [-0.4, -0.2) is 22.6 Å². The Bertz CT molecular complexity index is 525. The van der Waals surface area contributed by atoms with Gasteiger partial charge in [0.25, 0.3) is 0 Å². The number of carbonyl (C=O) groups is 2. The Morgan fingerprint density at radius 3 is 2.26 bits per heavy atom. The third kappa shape index (κ3) is 3.51. The SMILES string of the molecule is CCCCCC(CC)(CC)OC(=O)C1=C(C(=O)O)C2C=CC1C2. The number of carboxylic acids is 1. The van der Waals surface area contributed by atoms with Crippen LogP contribution in [0.5, 0.6) is 0 Å². The normalized spacial score (nSPS) is 22.7. The van der Waals surface area contributed by atoms with E-state index in [4.69, 9.17) is 4.74 Å². The summed E-state index contributed by atoms with van der Waals surface area (Å²) >= 11 is 0. The zero-order valence-electron chi connectivity index (χ0n) is 14.4. The van der Waals surface area contributed by atoms with Gasteiger partial charge in [-0.15, -0.1) is 0 Å². The molecule has 0 fully saturated rings. The monoisotopic (exact) mass is 320 g/mol. The predicted molar refractivity (Wildman–Crippen MR) is 88.9 cm³/mol. The van der Waals surface area contributed by atoms with Gasteiger partial charge < -0.3 is 9.84 Å². The molecule has 0 aromatic rings. The maximum absolute atomic E-state index is 12.7. The Kier molecular flexibility index (Phi) is 5.66. The third-order valence-corrected chi connectivity index (χ3v) is 5.40. The van der Waals surface area contributed by atoms with E-state index in [1.807, 2.05) is 26.0 Å². The maximum atomic E-state index is 12.7. The molecule has 2 atom stereocenters. The van der Waals surface area contributed by atoms with Crippen molar-refractivity contribution in [1.29, 1.82) is 0 Å². The van der Waals surface area contributed by atoms with Crippen LogP contribution in [-0.2, 0) is 14.3 Å². The number of aliphatic carboxylic acids is 1. The summed E-state index contributed by atoms with van der Waals surface area (Å²) in [7, 11) is 0. The van der Waals surface area contributed by atoms with Gasteiger partial charge in [0.05, 0.1) is 11.1 Å². The van der Waals surface area contributed by atoms with E-state index >= 15 is 0 Å². The van der Waals surface area contributed by atoms with Crippen molar-refractivity contribution in [1.82, 2.24) is 0 Å². The first-order valence-electron chi connectivity index (χ1n) is 8.87. The molecule has 4 nitrogen and oxygen atoms in total. The number of hydrogen-bond acceptors (Lipinski definition) is 3. The summed E-state index contributed by atoms with van der Waals surface area (Å²) in [5, 5.41) is 9.44. The second-order valence-corrected chi connectivity index (χ2v) is 6.70. The molecule has 2 bridgehead atoms. The van der Waals surface area contributed by atoms with E-state index in [0.29, 0.717) is 12.0 Å². The highest BCUT2D eigenvalue weighted by atomic mass is 16.6. The molecular formula is C19H28O4. The van der Waals surface area contributed by atoms with Gasteiger partial charge in [-0.1, -0.05) is 45.8 Å². The number of hydrogen-bond donors (Lipinski definition) is 1. The minimum Gasteiger partial charge on any atom is -0.478 e. The lowest BCUT2D eigenvalue weighted by atomic mass is 9.89. The van der Waals surface area contributed by atoms with Crippen molar-refractivity contribution in [2.75, 3.05) is 0 Å². The molecule has 0 spiro atoms. The van der Waals surface area contributed by atoms with Crippen molar-refractivity contribution in [3.8, 4) is 0 Å². The summed E-state index contributed by atoms with van der Waals surface area (Å²) < 4.78 is 5.91. The largest absolute Gasteiger partial charge is 0.478 e. The second kappa shape index (κ2) is 7.33. The number of carboxylic acid groups (broad SMARTS) is 1. The molecule has 0 aromatic carbocycles. The van der Waals surface area contributed by atoms with E-state index in [1.54, 1.807) is 0 Å². The van der Waals surface area contributed by atoms with Crippen molar-refractivity contribution < 1.29 is 19.4 Å². The molecule has 2 unspecified atom stereocenters. The van der Waals surface area contributed by atoms with Crippen LogP contribution >= 0.6 is 0 Å². The lowest BCUT2D eigenvalue weighted by Gasteiger charge is -2.32. The molecule has 0 amide bonds. The van der Waals surface area contributed by atoms with Gasteiger partial charge >= 0.3 is 11.9 Å². The molecule has 2 rings (SSSR count). The molecular weight excluding hydrogens is 292 g/mol. The number of fused-ring (bicyclic) bond motifs is 2. The van der Waals surface area contributed by atoms with Gasteiger partial charge in [0.1, 0.15) is 5.60 Å². The average Bonchev–Trinajstić information content (AvgIpc) is 3.14. The highest BCUT2D eigenvalue weighted by Gasteiger charge is 2.44. The number of rotatable bonds is 9. The highest BCUT2D eigenvalue weighted by Crippen LogP contribution is 2.45. The molecule has 0 saturated heterocycles. The lowest BCUT2D eigenvalue weighted by molar-refractivity contribution is -0.157. The fourth-order valence-electron chi connectivity index (χ4n) is 3.81. The summed E-state index contributed by atoms with van der Waals surface area (Å²) in [6, 6.07) is 0. The molecule has 0 radical (unpaired) electrons. The van der Waals surface area contributed by atoms with Gasteiger partial charge in [-0.05, 0) is 32.1 Å². The van der Waals surface area contributed by atoms with Crippen molar-refractivity contribution >= 4 is 11.9 Å². The standard InChI is InChI=1S/C19H28O4/c1-4-7-8-11-19(5-2,6-3)23-18(22)16-14-10-9-13(12-14)15(16)17(20)21/h9-10,13-14H,4-8,11-12H2,1-3H3,(H,20,21). The van der Waals surface area contributed by atoms with Crippen molar-refractivity contribution in [3.05, 3.63) is 23.3 Å². The first-order valence-corrected chi connectivity index (χ1v) is 8.87. The molecule has 2 aliphatic carbocycles. The number of allylic oxidation sites excluding steroid dienone is 2. The van der Waals surface area contributed by atoms with E-state index in [1.165, 1.54) is 0 Å². The van der Waals surface area contributed by atoms with Crippen LogP contribution in [0.2, 0.25) is 0 Å². The van der Waals surface area contributed by atoms with Crippen LogP contribution in [0.3, 0.4) is 0 Å². The zero-order valence-corrected chi connectivity index (χ0v) is 14.4. The van der Waals surface area contributed by atoms with Crippen LogP contribution in [0, 0.1) is 11.8 Å². The number of esters is 1. The zero-order chi connectivity index (χ0) is 17.0. The van der Waals surface area contributed by atoms with Gasteiger partial charge in [0.2, 0.25) is 0 Å². The third-order valence-electron chi connectivity index (χ3n) is 5.40. The Morgan fingerprint density at radius 1 is 1.13 bits per heavy atom. The topological polar surface area (TPSA) is 63.6 Å². The molecule has 0 saturated carbocycles. The Morgan fingerprint density at radius 2 is 1.74 bits per heavy atom. The van der Waals surface area contributed by atoms with Gasteiger partial charge in [-0.3, -0.25) is 0 Å². The molecule has 0 aliphatic heterocycles. The second-order valence-electron chi connectivity index (χ2n) is 6.70. The number of carbonyl (C=O) groups excluding carboxylic acids is 1. The van der Waals surface area contributed by atoms with E-state index in [0.717, 1.165) is 38.5 Å². The van der Waals surface area contributed by atoms with Gasteiger partial charge in [-0.2, -0.15) is 0 Å². The molecule has 23 heavy (non-hydrogen) atoms. The van der Waals surface area contributed by atoms with Gasteiger partial charge in [0.15, 0.2) is 0 Å². The summed E-state index contributed by atoms with van der Waals surface area (Å²) in [6.45, 7) is 6.23. The van der Waals surface area contributed by atoms with Crippen LogP contribution < -0.4 is 0 Å². The first-order chi connectivity index (χ1) is 11.0. The maximum Gasteiger partial charge on any atom is 0.335 e. The highest BCUT2D eigenvalue weighted by molar-refractivity contribution is 6.02. The lowest BCUT2D eigenvalue weighted by Crippen LogP contribution is -2.35. The molecule has 2 aliphatic rings. The van der Waals surface area contributed by atoms with Crippen LogP contribution in [0.25, 0.3) is 0 Å². The molecule has 0 aromatic heterocycles. The number of unbranched alkanes of at least 4 members (excludes halogenated alkanes) is 2. The summed E-state index contributed by atoms with van der Waals surface area (Å²) in [5.41, 5.74) is 0.165. The van der Waals surface area contributed by atoms with Gasteiger partial charge in [-0.25, -0.2) is 9.59 Å². The minimum atomic E-state index is -0.988. The Labute approximate surface area is 138 Å². The van der Waals surface area contributed by atoms with E-state index in [-0.39, 0.29) is 17.4 Å². The van der Waals surface area contributed by atoms with E-state index in [2.05, 4.69) is 6.92 Å². The molecule has 128 valence electrons. The van der Waals surface area contributed by atoms with E-state index < -0.39 is 17.5 Å². The predicted octanol–water partition coefficient (Wildman–Crippen LogP) is 4.26. The van der Waals surface area contributed by atoms with Gasteiger partial charge in [0, 0.05) is 11.8 Å². The van der Waals surface area contributed by atoms with Crippen molar-refractivity contribution in [2.24, 2.45) is 11.8 Å². The fraction of sp³-hybridized carbons (Fsp3) is 0.684. The Balaban J connectivity index is 2.17. The first kappa shape index (κ1) is 17.8. The van der Waals surface area contributed by atoms with Crippen LogP contribution in [0.15, 0.2) is 23.3 Å². The smallest absolute Gasteiger partial charge is 0.335 e. The molecule has 4 heteroatoms. The summed E-state index contributed by atoms with van der Waals surface area (Å²) in [6.07, 6.45) is 10.2. The summed E-state index contributed by atoms with van der Waals surface area (Å²) in [4.78, 5) is 24.3. The summed E-state index contributed by atoms with van der Waals surface area (Å²) in [5.74, 6) is -1.61. The van der Waals surface area contributed by atoms with E-state index in [9.17, 15) is 14.7 Å². The minimum absolute atomic E-state index is 0.0827.